The van der Waals surface area contributed by atoms with Gasteiger partial charge in [0.25, 0.3) is 0 Å². The second kappa shape index (κ2) is 5.70. The number of para-hydroxylation sites is 2. The van der Waals surface area contributed by atoms with Crippen LogP contribution in [0, 0.1) is 0 Å². The molecule has 0 saturated carbocycles. The largest absolute Gasteiger partial charge is 0.497 e. The zero-order valence-corrected chi connectivity index (χ0v) is 14.0. The second-order valence-electron chi connectivity index (χ2n) is 5.81. The highest BCUT2D eigenvalue weighted by atomic mass is 16.5. The van der Waals surface area contributed by atoms with Crippen molar-refractivity contribution < 1.29 is 9.15 Å². The molecule has 126 valence electrons. The van der Waals surface area contributed by atoms with E-state index in [0.717, 1.165) is 22.5 Å². The first-order valence-electron chi connectivity index (χ1n) is 8.17. The summed E-state index contributed by atoms with van der Waals surface area (Å²) < 4.78 is 12.9. The fraction of sp³-hybridized carbons (Fsp3) is 0.0500. The Labute approximate surface area is 148 Å². The third-order valence-corrected chi connectivity index (χ3v) is 4.22. The Morgan fingerprint density at radius 1 is 0.885 bits per heavy atom. The number of fused-ring (bicyclic) bond motifs is 2. The Morgan fingerprint density at radius 2 is 1.73 bits per heavy atom. The van der Waals surface area contributed by atoms with Gasteiger partial charge in [0.05, 0.1) is 30.1 Å². The zero-order chi connectivity index (χ0) is 17.5. The molecule has 26 heavy (non-hydrogen) atoms. The van der Waals surface area contributed by atoms with Crippen molar-refractivity contribution in [2.45, 2.75) is 0 Å². The van der Waals surface area contributed by atoms with E-state index in [1.165, 1.54) is 0 Å². The van der Waals surface area contributed by atoms with Crippen LogP contribution in [0.5, 0.6) is 5.75 Å². The van der Waals surface area contributed by atoms with Crippen LogP contribution in [0.2, 0.25) is 0 Å². The summed E-state index contributed by atoms with van der Waals surface area (Å²) in [5.41, 5.74) is 3.74. The molecule has 3 heterocycles. The standard InChI is InChI=1S/C20H14N4O2/c1-25-14-7-4-6-13(12-14)24-19(17-10-5-11-26-17)23-18-20(24)22-16-9-3-2-8-15(16)21-18/h2-12H,1H3. The van der Waals surface area contributed by atoms with Gasteiger partial charge in [0.1, 0.15) is 5.75 Å². The van der Waals surface area contributed by atoms with Crippen molar-refractivity contribution in [3.63, 3.8) is 0 Å². The molecule has 0 unspecified atom stereocenters. The van der Waals surface area contributed by atoms with Gasteiger partial charge < -0.3 is 9.15 Å². The molecule has 6 nitrogen and oxygen atoms in total. The molecule has 0 radical (unpaired) electrons. The van der Waals surface area contributed by atoms with Gasteiger partial charge in [-0.2, -0.15) is 0 Å². The van der Waals surface area contributed by atoms with E-state index in [9.17, 15) is 0 Å². The van der Waals surface area contributed by atoms with E-state index in [0.29, 0.717) is 22.9 Å². The van der Waals surface area contributed by atoms with Gasteiger partial charge in [-0.25, -0.2) is 15.0 Å². The van der Waals surface area contributed by atoms with Crippen molar-refractivity contribution in [1.29, 1.82) is 0 Å². The molecule has 0 spiro atoms. The number of furan rings is 1. The lowest BCUT2D eigenvalue weighted by atomic mass is 10.3. The predicted octanol–water partition coefficient (Wildman–Crippen LogP) is 4.24. The van der Waals surface area contributed by atoms with E-state index in [1.807, 2.05) is 65.2 Å². The van der Waals surface area contributed by atoms with Crippen LogP contribution in [0.1, 0.15) is 0 Å². The average molecular weight is 342 g/mol. The molecule has 0 amide bonds. The molecule has 2 aromatic carbocycles. The van der Waals surface area contributed by atoms with Crippen molar-refractivity contribution in [3.8, 4) is 23.0 Å². The molecule has 5 rings (SSSR count). The van der Waals surface area contributed by atoms with Gasteiger partial charge in [-0.1, -0.05) is 18.2 Å². The molecule has 5 aromatic rings. The van der Waals surface area contributed by atoms with Crippen LogP contribution in [0.15, 0.2) is 71.3 Å². The molecular formula is C20H14N4O2. The minimum atomic E-state index is 0.568. The predicted molar refractivity (Wildman–Crippen MR) is 98.4 cm³/mol. The van der Waals surface area contributed by atoms with E-state index in [4.69, 9.17) is 19.1 Å². The quantitative estimate of drug-likeness (QED) is 0.491. The van der Waals surface area contributed by atoms with Crippen LogP contribution < -0.4 is 4.74 Å². The molecule has 0 aliphatic rings. The average Bonchev–Trinajstić information content (AvgIpc) is 3.33. The van der Waals surface area contributed by atoms with Gasteiger partial charge in [0.15, 0.2) is 22.9 Å². The smallest absolute Gasteiger partial charge is 0.199 e. The molecule has 0 N–H and O–H groups in total. The normalized spacial score (nSPS) is 11.3. The summed E-state index contributed by atoms with van der Waals surface area (Å²) in [6.45, 7) is 0. The van der Waals surface area contributed by atoms with Gasteiger partial charge in [-0.15, -0.1) is 0 Å². The number of ether oxygens (including phenoxy) is 1. The summed E-state index contributed by atoms with van der Waals surface area (Å²) in [7, 11) is 1.64. The molecular weight excluding hydrogens is 328 g/mol. The van der Waals surface area contributed by atoms with Gasteiger partial charge in [0, 0.05) is 6.07 Å². The van der Waals surface area contributed by atoms with Crippen molar-refractivity contribution in [3.05, 3.63) is 66.9 Å². The maximum atomic E-state index is 5.60. The van der Waals surface area contributed by atoms with E-state index in [2.05, 4.69) is 4.98 Å². The van der Waals surface area contributed by atoms with Crippen LogP contribution in [-0.4, -0.2) is 26.6 Å². The third kappa shape index (κ3) is 2.23. The highest BCUT2D eigenvalue weighted by Gasteiger charge is 2.19. The fourth-order valence-corrected chi connectivity index (χ4v) is 3.02. The Kier molecular flexibility index (Phi) is 3.21. The minimum Gasteiger partial charge on any atom is -0.497 e. The molecule has 0 atom stereocenters. The number of benzene rings is 2. The summed E-state index contributed by atoms with van der Waals surface area (Å²) in [6, 6.07) is 19.2. The van der Waals surface area contributed by atoms with Crippen LogP contribution in [0.25, 0.3) is 39.6 Å². The van der Waals surface area contributed by atoms with Crippen molar-refractivity contribution in [1.82, 2.24) is 19.5 Å². The summed E-state index contributed by atoms with van der Waals surface area (Å²) in [5.74, 6) is 2.05. The maximum absolute atomic E-state index is 5.60. The number of rotatable bonds is 3. The number of hydrogen-bond donors (Lipinski definition) is 0. The van der Waals surface area contributed by atoms with Crippen molar-refractivity contribution in [2.24, 2.45) is 0 Å². The Hall–Kier alpha value is -3.67. The second-order valence-corrected chi connectivity index (χ2v) is 5.81. The van der Waals surface area contributed by atoms with E-state index < -0.39 is 0 Å². The van der Waals surface area contributed by atoms with E-state index >= 15 is 0 Å². The Balaban J connectivity index is 1.88. The summed E-state index contributed by atoms with van der Waals surface area (Å²) >= 11 is 0. The van der Waals surface area contributed by atoms with Crippen LogP contribution in [-0.2, 0) is 0 Å². The minimum absolute atomic E-state index is 0.568. The first-order valence-corrected chi connectivity index (χ1v) is 8.17. The van der Waals surface area contributed by atoms with Crippen molar-refractivity contribution >= 4 is 22.3 Å². The molecule has 0 bridgehead atoms. The fourth-order valence-electron chi connectivity index (χ4n) is 3.02. The Morgan fingerprint density at radius 3 is 2.50 bits per heavy atom. The monoisotopic (exact) mass is 342 g/mol. The van der Waals surface area contributed by atoms with Gasteiger partial charge in [-0.05, 0) is 36.4 Å². The summed E-state index contributed by atoms with van der Waals surface area (Å²) in [5, 5.41) is 0. The first kappa shape index (κ1) is 14.7. The molecule has 0 aliphatic carbocycles. The molecule has 0 aliphatic heterocycles. The van der Waals surface area contributed by atoms with Crippen LogP contribution >= 0.6 is 0 Å². The topological polar surface area (TPSA) is 66.0 Å². The van der Waals surface area contributed by atoms with Crippen LogP contribution in [0.3, 0.4) is 0 Å². The van der Waals surface area contributed by atoms with E-state index in [-0.39, 0.29) is 0 Å². The lowest BCUT2D eigenvalue weighted by molar-refractivity contribution is 0.414. The summed E-state index contributed by atoms with van der Waals surface area (Å²) in [6.07, 6.45) is 1.63. The lowest BCUT2D eigenvalue weighted by Crippen LogP contribution is -1.99. The molecule has 6 heteroatoms. The summed E-state index contributed by atoms with van der Waals surface area (Å²) in [4.78, 5) is 14.2. The Bertz CT molecular complexity index is 1230. The molecule has 0 fully saturated rings. The number of imidazole rings is 1. The van der Waals surface area contributed by atoms with Gasteiger partial charge in [-0.3, -0.25) is 4.57 Å². The molecule has 3 aromatic heterocycles. The SMILES string of the molecule is COc1cccc(-n2c(-c3ccco3)nc3nc4ccccc4nc32)c1. The maximum Gasteiger partial charge on any atom is 0.199 e. The first-order chi connectivity index (χ1) is 12.8. The molecule has 0 saturated heterocycles. The number of hydrogen-bond acceptors (Lipinski definition) is 5. The van der Waals surface area contributed by atoms with Crippen LogP contribution in [0.4, 0.5) is 0 Å². The van der Waals surface area contributed by atoms with Gasteiger partial charge in [0.2, 0.25) is 0 Å². The number of aromatic nitrogens is 4. The van der Waals surface area contributed by atoms with Gasteiger partial charge >= 0.3 is 0 Å². The van der Waals surface area contributed by atoms with E-state index in [1.54, 1.807) is 13.4 Å². The number of methoxy groups -OCH3 is 1. The lowest BCUT2D eigenvalue weighted by Gasteiger charge is -2.09. The highest BCUT2D eigenvalue weighted by Crippen LogP contribution is 2.29. The van der Waals surface area contributed by atoms with Crippen molar-refractivity contribution in [2.75, 3.05) is 7.11 Å². The zero-order valence-electron chi connectivity index (χ0n) is 14.0. The third-order valence-electron chi connectivity index (χ3n) is 4.22. The highest BCUT2D eigenvalue weighted by molar-refractivity contribution is 5.85. The number of nitrogens with zero attached hydrogens (tertiary/aromatic N) is 4.